The molecule has 1 rings (SSSR count). The predicted octanol–water partition coefficient (Wildman–Crippen LogP) is 2.23. The molecule has 2 heteroatoms. The van der Waals surface area contributed by atoms with Crippen molar-refractivity contribution in [2.75, 3.05) is 0 Å². The van der Waals surface area contributed by atoms with Gasteiger partial charge in [-0.05, 0) is 24.5 Å². The lowest BCUT2D eigenvalue weighted by Gasteiger charge is -2.12. The van der Waals surface area contributed by atoms with E-state index in [-0.39, 0.29) is 6.10 Å². The van der Waals surface area contributed by atoms with Gasteiger partial charge >= 0.3 is 0 Å². The Morgan fingerprint density at radius 2 is 2.25 bits per heavy atom. The average Bonchev–Trinajstić information content (AvgIpc) is 2.51. The van der Waals surface area contributed by atoms with Crippen LogP contribution in [0.25, 0.3) is 0 Å². The third kappa shape index (κ3) is 2.70. The molecule has 1 atom stereocenters. The fraction of sp³-hybridized carbons (Fsp3) is 0.600. The van der Waals surface area contributed by atoms with Crippen LogP contribution in [0.3, 0.4) is 0 Å². The van der Waals surface area contributed by atoms with E-state index in [2.05, 4.69) is 0 Å². The minimum Gasteiger partial charge on any atom is -0.469 e. The number of furan rings is 1. The van der Waals surface area contributed by atoms with Gasteiger partial charge in [-0.25, -0.2) is 0 Å². The van der Waals surface area contributed by atoms with Gasteiger partial charge in [0.2, 0.25) is 0 Å². The zero-order valence-electron chi connectivity index (χ0n) is 7.66. The molecule has 0 saturated heterocycles. The van der Waals surface area contributed by atoms with Crippen molar-refractivity contribution in [1.29, 1.82) is 0 Å². The molecule has 1 aromatic heterocycles. The second kappa shape index (κ2) is 4.31. The van der Waals surface area contributed by atoms with Crippen LogP contribution in [0, 0.1) is 5.92 Å². The Morgan fingerprint density at radius 1 is 1.50 bits per heavy atom. The molecule has 1 aromatic rings. The van der Waals surface area contributed by atoms with Gasteiger partial charge < -0.3 is 9.52 Å². The summed E-state index contributed by atoms with van der Waals surface area (Å²) in [4.78, 5) is 0. The molecular weight excluding hydrogens is 152 g/mol. The van der Waals surface area contributed by atoms with Crippen LogP contribution >= 0.6 is 0 Å². The van der Waals surface area contributed by atoms with Crippen LogP contribution in [0.4, 0.5) is 0 Å². The quantitative estimate of drug-likeness (QED) is 0.747. The Labute approximate surface area is 73.2 Å². The largest absolute Gasteiger partial charge is 0.469 e. The first-order chi connectivity index (χ1) is 5.70. The summed E-state index contributed by atoms with van der Waals surface area (Å²) in [6.07, 6.45) is 3.06. The van der Waals surface area contributed by atoms with Gasteiger partial charge in [-0.1, -0.05) is 13.8 Å². The van der Waals surface area contributed by atoms with Crippen LogP contribution in [0.2, 0.25) is 0 Å². The second-order valence-corrected chi connectivity index (χ2v) is 3.43. The van der Waals surface area contributed by atoms with Gasteiger partial charge in [0.1, 0.15) is 5.76 Å². The summed E-state index contributed by atoms with van der Waals surface area (Å²) >= 11 is 0. The summed E-state index contributed by atoms with van der Waals surface area (Å²) in [6.45, 7) is 4.04. The molecule has 0 radical (unpaired) electrons. The highest BCUT2D eigenvalue weighted by molar-refractivity contribution is 4.98. The van der Waals surface area contributed by atoms with E-state index in [9.17, 15) is 5.11 Å². The lowest BCUT2D eigenvalue weighted by Crippen LogP contribution is -2.15. The lowest BCUT2D eigenvalue weighted by molar-refractivity contribution is 0.115. The van der Waals surface area contributed by atoms with Crippen molar-refractivity contribution in [3.05, 3.63) is 24.2 Å². The van der Waals surface area contributed by atoms with Gasteiger partial charge in [0.25, 0.3) is 0 Å². The van der Waals surface area contributed by atoms with E-state index in [0.717, 1.165) is 18.6 Å². The standard InChI is InChI=1S/C10H16O2/c1-8(2)10(11)6-5-9-4-3-7-12-9/h3-4,7-8,10-11H,5-6H2,1-2H3. The normalized spacial score (nSPS) is 13.7. The van der Waals surface area contributed by atoms with E-state index in [1.54, 1.807) is 6.26 Å². The highest BCUT2D eigenvalue weighted by Crippen LogP contribution is 2.10. The van der Waals surface area contributed by atoms with Crippen molar-refractivity contribution < 1.29 is 9.52 Å². The van der Waals surface area contributed by atoms with E-state index < -0.39 is 0 Å². The van der Waals surface area contributed by atoms with Crippen molar-refractivity contribution in [2.24, 2.45) is 5.92 Å². The molecule has 0 spiro atoms. The summed E-state index contributed by atoms with van der Waals surface area (Å²) in [5, 5.41) is 9.48. The van der Waals surface area contributed by atoms with Gasteiger partial charge in [-0.15, -0.1) is 0 Å². The molecule has 68 valence electrons. The van der Waals surface area contributed by atoms with Crippen LogP contribution in [-0.2, 0) is 6.42 Å². The molecule has 1 heterocycles. The molecule has 1 N–H and O–H groups in total. The van der Waals surface area contributed by atoms with Gasteiger partial charge in [0, 0.05) is 6.42 Å². The second-order valence-electron chi connectivity index (χ2n) is 3.43. The number of rotatable bonds is 4. The van der Waals surface area contributed by atoms with E-state index >= 15 is 0 Å². The third-order valence-corrected chi connectivity index (χ3v) is 2.04. The summed E-state index contributed by atoms with van der Waals surface area (Å²) < 4.78 is 5.15. The molecular formula is C10H16O2. The maximum atomic E-state index is 9.48. The van der Waals surface area contributed by atoms with E-state index in [1.807, 2.05) is 26.0 Å². The molecule has 12 heavy (non-hydrogen) atoms. The molecule has 0 aliphatic carbocycles. The van der Waals surface area contributed by atoms with E-state index in [1.165, 1.54) is 0 Å². The van der Waals surface area contributed by atoms with Gasteiger partial charge in [-0.3, -0.25) is 0 Å². The van der Waals surface area contributed by atoms with Crippen molar-refractivity contribution >= 4 is 0 Å². The minimum atomic E-state index is -0.213. The van der Waals surface area contributed by atoms with Gasteiger partial charge in [0.15, 0.2) is 0 Å². The van der Waals surface area contributed by atoms with Crippen LogP contribution in [-0.4, -0.2) is 11.2 Å². The van der Waals surface area contributed by atoms with Crippen LogP contribution in [0.1, 0.15) is 26.0 Å². The first-order valence-electron chi connectivity index (χ1n) is 4.40. The Balaban J connectivity index is 2.27. The first-order valence-corrected chi connectivity index (χ1v) is 4.40. The van der Waals surface area contributed by atoms with Crippen LogP contribution in [0.15, 0.2) is 22.8 Å². The highest BCUT2D eigenvalue weighted by Gasteiger charge is 2.09. The Kier molecular flexibility index (Phi) is 3.35. The zero-order valence-corrected chi connectivity index (χ0v) is 7.66. The molecule has 0 saturated carbocycles. The van der Waals surface area contributed by atoms with Crippen LogP contribution in [0.5, 0.6) is 0 Å². The van der Waals surface area contributed by atoms with E-state index in [4.69, 9.17) is 4.42 Å². The molecule has 0 fully saturated rings. The van der Waals surface area contributed by atoms with Crippen LogP contribution < -0.4 is 0 Å². The Morgan fingerprint density at radius 3 is 2.75 bits per heavy atom. The number of aryl methyl sites for hydroxylation is 1. The smallest absolute Gasteiger partial charge is 0.103 e. The maximum Gasteiger partial charge on any atom is 0.103 e. The monoisotopic (exact) mass is 168 g/mol. The highest BCUT2D eigenvalue weighted by atomic mass is 16.3. The van der Waals surface area contributed by atoms with Gasteiger partial charge in [0.05, 0.1) is 12.4 Å². The third-order valence-electron chi connectivity index (χ3n) is 2.04. The SMILES string of the molecule is CC(C)C(O)CCc1ccco1. The van der Waals surface area contributed by atoms with E-state index in [0.29, 0.717) is 5.92 Å². The Hall–Kier alpha value is -0.760. The summed E-state index contributed by atoms with van der Waals surface area (Å²) in [5.74, 6) is 1.29. The average molecular weight is 168 g/mol. The first kappa shape index (κ1) is 9.33. The van der Waals surface area contributed by atoms with Crippen molar-refractivity contribution in [3.8, 4) is 0 Å². The summed E-state index contributed by atoms with van der Waals surface area (Å²) in [5.41, 5.74) is 0. The predicted molar refractivity (Wildman–Crippen MR) is 47.9 cm³/mol. The van der Waals surface area contributed by atoms with Crippen molar-refractivity contribution in [3.63, 3.8) is 0 Å². The molecule has 0 aliphatic heterocycles. The van der Waals surface area contributed by atoms with Crippen molar-refractivity contribution in [1.82, 2.24) is 0 Å². The lowest BCUT2D eigenvalue weighted by atomic mass is 10.0. The number of hydrogen-bond donors (Lipinski definition) is 1. The molecule has 2 nitrogen and oxygen atoms in total. The summed E-state index contributed by atoms with van der Waals surface area (Å²) in [6, 6.07) is 3.81. The molecule has 0 bridgehead atoms. The molecule has 0 aromatic carbocycles. The zero-order chi connectivity index (χ0) is 8.97. The van der Waals surface area contributed by atoms with Crippen molar-refractivity contribution in [2.45, 2.75) is 32.8 Å². The maximum absolute atomic E-state index is 9.48. The number of aliphatic hydroxyl groups is 1. The molecule has 0 aliphatic rings. The fourth-order valence-electron chi connectivity index (χ4n) is 1.08. The molecule has 0 amide bonds. The minimum absolute atomic E-state index is 0.213. The fourth-order valence-corrected chi connectivity index (χ4v) is 1.08. The summed E-state index contributed by atoms with van der Waals surface area (Å²) in [7, 11) is 0. The van der Waals surface area contributed by atoms with Gasteiger partial charge in [-0.2, -0.15) is 0 Å². The Bertz CT molecular complexity index is 202. The number of aliphatic hydroxyl groups excluding tert-OH is 1. The number of hydrogen-bond acceptors (Lipinski definition) is 2. The topological polar surface area (TPSA) is 33.4 Å². The molecule has 1 unspecified atom stereocenters.